The number of hydrogen-bond donors (Lipinski definition) is 1. The lowest BCUT2D eigenvalue weighted by molar-refractivity contribution is -0.138. The molecule has 0 radical (unpaired) electrons. The molecule has 0 fully saturated rings. The maximum atomic E-state index is 13.2. The predicted octanol–water partition coefficient (Wildman–Crippen LogP) is 3.28. The number of pyridine rings is 1. The molecule has 0 aliphatic carbocycles. The second kappa shape index (κ2) is 6.56. The maximum Gasteiger partial charge on any atom is 0.417 e. The topological polar surface area (TPSA) is 68.5 Å². The van der Waals surface area contributed by atoms with E-state index in [1.807, 2.05) is 0 Å². The number of rotatable bonds is 4. The number of alkyl halides is 3. The van der Waals surface area contributed by atoms with Crippen molar-refractivity contribution in [1.29, 1.82) is 0 Å². The lowest BCUT2D eigenvalue weighted by Crippen LogP contribution is -2.23. The van der Waals surface area contributed by atoms with Gasteiger partial charge in [-0.1, -0.05) is 11.6 Å². The van der Waals surface area contributed by atoms with Gasteiger partial charge in [0.25, 0.3) is 5.56 Å². The van der Waals surface area contributed by atoms with Crippen LogP contribution in [0.25, 0.3) is 11.1 Å². The molecule has 2 aromatic rings. The molecule has 0 spiro atoms. The lowest BCUT2D eigenvalue weighted by Gasteiger charge is -2.16. The molecule has 1 aromatic heterocycles. The molecule has 0 aliphatic heterocycles. The van der Waals surface area contributed by atoms with E-state index in [4.69, 9.17) is 21.4 Å². The molecular weight excluding hydrogens is 351 g/mol. The van der Waals surface area contributed by atoms with Crippen LogP contribution in [-0.2, 0) is 17.5 Å². The average Bonchev–Trinajstić information content (AvgIpc) is 2.47. The van der Waals surface area contributed by atoms with Crippen LogP contribution in [0.5, 0.6) is 5.75 Å². The largest absolute Gasteiger partial charge is 0.495 e. The van der Waals surface area contributed by atoms with Crippen LogP contribution in [0.3, 0.4) is 0 Å². The highest BCUT2D eigenvalue weighted by molar-refractivity contribution is 6.30. The summed E-state index contributed by atoms with van der Waals surface area (Å²) in [5, 5.41) is 8.81. The van der Waals surface area contributed by atoms with Gasteiger partial charge in [0, 0.05) is 16.7 Å². The lowest BCUT2D eigenvalue weighted by atomic mass is 9.99. The third-order valence-electron chi connectivity index (χ3n) is 3.19. The number of ether oxygens (including phenoxy) is 1. The van der Waals surface area contributed by atoms with E-state index in [9.17, 15) is 22.8 Å². The number of aromatic nitrogens is 1. The number of nitrogens with zero attached hydrogens (tertiary/aromatic N) is 1. The van der Waals surface area contributed by atoms with Gasteiger partial charge in [-0.15, -0.1) is 0 Å². The standard InChI is InChI=1S/C15H11ClF3NO4/c1-24-12-6-20(7-14(22)23)13(21)5-10(12)9-4-8(16)2-3-11(9)15(17,18)19/h2-6H,7H2,1H3,(H,22,23). The molecule has 128 valence electrons. The van der Waals surface area contributed by atoms with Crippen molar-refractivity contribution in [2.75, 3.05) is 7.11 Å². The first-order chi connectivity index (χ1) is 11.1. The van der Waals surface area contributed by atoms with Crippen LogP contribution in [-0.4, -0.2) is 22.8 Å². The Morgan fingerprint density at radius 3 is 2.50 bits per heavy atom. The summed E-state index contributed by atoms with van der Waals surface area (Å²) in [6, 6.07) is 3.86. The number of carbonyl (C=O) groups is 1. The first-order valence-electron chi connectivity index (χ1n) is 6.51. The zero-order valence-corrected chi connectivity index (χ0v) is 13.0. The summed E-state index contributed by atoms with van der Waals surface area (Å²) in [7, 11) is 1.20. The summed E-state index contributed by atoms with van der Waals surface area (Å²) >= 11 is 5.78. The second-order valence-corrected chi connectivity index (χ2v) is 5.24. The molecule has 0 saturated carbocycles. The SMILES string of the molecule is COc1cn(CC(=O)O)c(=O)cc1-c1cc(Cl)ccc1C(F)(F)F. The van der Waals surface area contributed by atoms with Gasteiger partial charge in [0.15, 0.2) is 0 Å². The Morgan fingerprint density at radius 1 is 1.29 bits per heavy atom. The first-order valence-corrected chi connectivity index (χ1v) is 6.88. The monoisotopic (exact) mass is 361 g/mol. The van der Waals surface area contributed by atoms with Crippen molar-refractivity contribution in [3.63, 3.8) is 0 Å². The van der Waals surface area contributed by atoms with Gasteiger partial charge in [0.2, 0.25) is 0 Å². The molecular formula is C15H11ClF3NO4. The van der Waals surface area contributed by atoms with Crippen molar-refractivity contribution in [2.24, 2.45) is 0 Å². The quantitative estimate of drug-likeness (QED) is 0.907. The molecule has 0 saturated heterocycles. The fraction of sp³-hybridized carbons (Fsp3) is 0.200. The Balaban J connectivity index is 2.73. The van der Waals surface area contributed by atoms with Gasteiger partial charge in [-0.3, -0.25) is 9.59 Å². The molecule has 1 aromatic carbocycles. The molecule has 5 nitrogen and oxygen atoms in total. The van der Waals surface area contributed by atoms with Crippen molar-refractivity contribution in [3.8, 4) is 16.9 Å². The number of methoxy groups -OCH3 is 1. The molecule has 0 unspecified atom stereocenters. The van der Waals surface area contributed by atoms with Crippen LogP contribution >= 0.6 is 11.6 Å². The van der Waals surface area contributed by atoms with Crippen LogP contribution < -0.4 is 10.3 Å². The highest BCUT2D eigenvalue weighted by Crippen LogP contribution is 2.40. The Kier molecular flexibility index (Phi) is 4.88. The summed E-state index contributed by atoms with van der Waals surface area (Å²) in [5.74, 6) is -1.35. The van der Waals surface area contributed by atoms with Gasteiger partial charge < -0.3 is 14.4 Å². The van der Waals surface area contributed by atoms with E-state index < -0.39 is 29.8 Å². The third-order valence-corrected chi connectivity index (χ3v) is 3.43. The number of carboxylic acids is 1. The molecule has 1 N–H and O–H groups in total. The van der Waals surface area contributed by atoms with Gasteiger partial charge >= 0.3 is 12.1 Å². The van der Waals surface area contributed by atoms with Crippen LogP contribution in [0.4, 0.5) is 13.2 Å². The van der Waals surface area contributed by atoms with E-state index in [-0.39, 0.29) is 21.9 Å². The number of halogens is 4. The molecule has 0 atom stereocenters. The van der Waals surface area contributed by atoms with Crippen LogP contribution in [0, 0.1) is 0 Å². The smallest absolute Gasteiger partial charge is 0.417 e. The third kappa shape index (κ3) is 3.70. The van der Waals surface area contributed by atoms with Crippen LogP contribution in [0.15, 0.2) is 35.3 Å². The summed E-state index contributed by atoms with van der Waals surface area (Å²) in [6.07, 6.45) is -3.62. The molecule has 0 bridgehead atoms. The van der Waals surface area contributed by atoms with E-state index in [0.29, 0.717) is 0 Å². The van der Waals surface area contributed by atoms with Crippen molar-refractivity contribution in [2.45, 2.75) is 12.7 Å². The van der Waals surface area contributed by atoms with Gasteiger partial charge in [-0.25, -0.2) is 0 Å². The molecule has 1 heterocycles. The van der Waals surface area contributed by atoms with E-state index >= 15 is 0 Å². The normalized spacial score (nSPS) is 11.4. The van der Waals surface area contributed by atoms with Gasteiger partial charge in [-0.2, -0.15) is 13.2 Å². The van der Waals surface area contributed by atoms with Gasteiger partial charge in [0.1, 0.15) is 12.3 Å². The fourth-order valence-electron chi connectivity index (χ4n) is 2.18. The van der Waals surface area contributed by atoms with Gasteiger partial charge in [-0.05, 0) is 23.8 Å². The van der Waals surface area contributed by atoms with Crippen LogP contribution in [0.1, 0.15) is 5.56 Å². The Hall–Kier alpha value is -2.48. The Labute approximate surface area is 138 Å². The van der Waals surface area contributed by atoms with E-state index in [0.717, 1.165) is 35.0 Å². The fourth-order valence-corrected chi connectivity index (χ4v) is 2.35. The summed E-state index contributed by atoms with van der Waals surface area (Å²) in [4.78, 5) is 22.7. The zero-order valence-electron chi connectivity index (χ0n) is 12.2. The highest BCUT2D eigenvalue weighted by atomic mass is 35.5. The van der Waals surface area contributed by atoms with Crippen molar-refractivity contribution >= 4 is 17.6 Å². The van der Waals surface area contributed by atoms with Crippen molar-refractivity contribution in [1.82, 2.24) is 4.57 Å². The molecule has 0 aliphatic rings. The van der Waals surface area contributed by atoms with Crippen molar-refractivity contribution in [3.05, 3.63) is 51.4 Å². The first kappa shape index (κ1) is 17.9. The molecule has 0 amide bonds. The minimum absolute atomic E-state index is 0.0507. The minimum Gasteiger partial charge on any atom is -0.495 e. The minimum atomic E-state index is -4.67. The average molecular weight is 362 g/mol. The highest BCUT2D eigenvalue weighted by Gasteiger charge is 2.34. The molecule has 24 heavy (non-hydrogen) atoms. The summed E-state index contributed by atoms with van der Waals surface area (Å²) in [5.41, 5.74) is -2.22. The second-order valence-electron chi connectivity index (χ2n) is 4.80. The molecule has 9 heteroatoms. The van der Waals surface area contributed by atoms with E-state index in [2.05, 4.69) is 0 Å². The number of benzene rings is 1. The Morgan fingerprint density at radius 2 is 1.96 bits per heavy atom. The number of aliphatic carboxylic acids is 1. The zero-order chi connectivity index (χ0) is 18.1. The molecule has 2 rings (SSSR count). The number of hydrogen-bond acceptors (Lipinski definition) is 3. The summed E-state index contributed by atoms with van der Waals surface area (Å²) < 4.78 is 45.5. The van der Waals surface area contributed by atoms with Gasteiger partial charge in [0.05, 0.1) is 18.9 Å². The van der Waals surface area contributed by atoms with Crippen molar-refractivity contribution < 1.29 is 27.8 Å². The number of carboxylic acid groups (broad SMARTS) is 1. The van der Waals surface area contributed by atoms with E-state index in [1.165, 1.54) is 7.11 Å². The maximum absolute atomic E-state index is 13.2. The van der Waals surface area contributed by atoms with Crippen LogP contribution in [0.2, 0.25) is 5.02 Å². The Bertz CT molecular complexity index is 846. The summed E-state index contributed by atoms with van der Waals surface area (Å²) in [6.45, 7) is -0.642. The predicted molar refractivity (Wildman–Crippen MR) is 80.3 cm³/mol. The van der Waals surface area contributed by atoms with E-state index in [1.54, 1.807) is 0 Å².